The average Bonchev–Trinajstić information content (AvgIpc) is 2.52. The summed E-state index contributed by atoms with van der Waals surface area (Å²) in [5.41, 5.74) is 0. The molecule has 23 heavy (non-hydrogen) atoms. The minimum atomic E-state index is 0.196. The van der Waals surface area contributed by atoms with Crippen LogP contribution in [0.3, 0.4) is 0 Å². The lowest BCUT2D eigenvalue weighted by atomic mass is 10.2. The first kappa shape index (κ1) is 20.2. The highest BCUT2D eigenvalue weighted by molar-refractivity contribution is 5.79. The second-order valence-electron chi connectivity index (χ2n) is 6.34. The van der Waals surface area contributed by atoms with E-state index >= 15 is 0 Å². The Kier molecular flexibility index (Phi) is 11.0. The van der Waals surface area contributed by atoms with E-state index < -0.39 is 0 Å². The zero-order chi connectivity index (χ0) is 16.9. The fraction of sp³-hybridized carbons (Fsp3) is 0.941. The van der Waals surface area contributed by atoms with Gasteiger partial charge < -0.3 is 20.1 Å². The normalized spacial score (nSPS) is 20.0. The summed E-state index contributed by atoms with van der Waals surface area (Å²) >= 11 is 0. The first-order valence-corrected chi connectivity index (χ1v) is 9.09. The molecule has 1 aliphatic rings. The Morgan fingerprint density at radius 1 is 1.35 bits per heavy atom. The molecule has 0 radical (unpaired) electrons. The van der Waals surface area contributed by atoms with Gasteiger partial charge in [-0.1, -0.05) is 13.8 Å². The lowest BCUT2D eigenvalue weighted by Crippen LogP contribution is -2.46. The van der Waals surface area contributed by atoms with Gasteiger partial charge in [0.15, 0.2) is 5.96 Å². The van der Waals surface area contributed by atoms with Gasteiger partial charge in [-0.05, 0) is 26.2 Å². The standard InChI is InChI=1S/C17H36N4O2/c1-5-18-17(19-8-7-10-22-6-2)20-12-16-14-21(9-11-23-16)13-15(3)4/h15-16H,5-14H2,1-4H3,(H2,18,19,20). The van der Waals surface area contributed by atoms with Crippen molar-refractivity contribution >= 4 is 5.96 Å². The van der Waals surface area contributed by atoms with Crippen LogP contribution in [0.15, 0.2) is 4.99 Å². The third-order valence-electron chi connectivity index (χ3n) is 3.61. The summed E-state index contributed by atoms with van der Waals surface area (Å²) in [6.45, 7) is 16.6. The van der Waals surface area contributed by atoms with Crippen molar-refractivity contribution in [3.05, 3.63) is 0 Å². The second kappa shape index (κ2) is 12.6. The highest BCUT2D eigenvalue weighted by atomic mass is 16.5. The number of guanidine groups is 1. The van der Waals surface area contributed by atoms with Gasteiger partial charge in [0.2, 0.25) is 0 Å². The minimum absolute atomic E-state index is 0.196. The molecular weight excluding hydrogens is 292 g/mol. The molecule has 6 heteroatoms. The van der Waals surface area contributed by atoms with Crippen LogP contribution in [0.1, 0.15) is 34.1 Å². The third-order valence-corrected chi connectivity index (χ3v) is 3.61. The zero-order valence-electron chi connectivity index (χ0n) is 15.4. The Morgan fingerprint density at radius 3 is 2.87 bits per heavy atom. The first-order valence-electron chi connectivity index (χ1n) is 9.09. The molecule has 1 aliphatic heterocycles. The quantitative estimate of drug-likeness (QED) is 0.360. The summed E-state index contributed by atoms with van der Waals surface area (Å²) in [6.07, 6.45) is 1.18. The number of morpholine rings is 1. The van der Waals surface area contributed by atoms with Crippen LogP contribution in [0.5, 0.6) is 0 Å². The van der Waals surface area contributed by atoms with E-state index in [2.05, 4.69) is 41.3 Å². The smallest absolute Gasteiger partial charge is 0.191 e. The largest absolute Gasteiger partial charge is 0.382 e. The molecule has 0 bridgehead atoms. The number of ether oxygens (including phenoxy) is 2. The molecule has 0 spiro atoms. The Labute approximate surface area is 142 Å². The molecule has 2 N–H and O–H groups in total. The molecule has 6 nitrogen and oxygen atoms in total. The summed E-state index contributed by atoms with van der Waals surface area (Å²) in [6, 6.07) is 0. The number of hydrogen-bond donors (Lipinski definition) is 2. The summed E-state index contributed by atoms with van der Waals surface area (Å²) in [5.74, 6) is 1.56. The number of aliphatic imine (C=N–C) groups is 1. The van der Waals surface area contributed by atoms with E-state index in [1.165, 1.54) is 0 Å². The molecular formula is C17H36N4O2. The number of rotatable bonds is 10. The number of nitrogens with zero attached hydrogens (tertiary/aromatic N) is 2. The first-order chi connectivity index (χ1) is 11.2. The van der Waals surface area contributed by atoms with Crippen molar-refractivity contribution in [1.29, 1.82) is 0 Å². The highest BCUT2D eigenvalue weighted by Gasteiger charge is 2.20. The minimum Gasteiger partial charge on any atom is -0.382 e. The maximum Gasteiger partial charge on any atom is 0.191 e. The molecule has 1 fully saturated rings. The van der Waals surface area contributed by atoms with Gasteiger partial charge >= 0.3 is 0 Å². The van der Waals surface area contributed by atoms with Crippen molar-refractivity contribution in [3.8, 4) is 0 Å². The van der Waals surface area contributed by atoms with Crippen molar-refractivity contribution in [2.24, 2.45) is 10.9 Å². The summed E-state index contributed by atoms with van der Waals surface area (Å²) in [5, 5.41) is 6.64. The highest BCUT2D eigenvalue weighted by Crippen LogP contribution is 2.08. The summed E-state index contributed by atoms with van der Waals surface area (Å²) < 4.78 is 11.2. The van der Waals surface area contributed by atoms with E-state index in [9.17, 15) is 0 Å². The molecule has 0 aromatic rings. The van der Waals surface area contributed by atoms with E-state index in [1.807, 2.05) is 6.92 Å². The third kappa shape index (κ3) is 9.79. The Hall–Kier alpha value is -0.850. The molecule has 0 aromatic carbocycles. The summed E-state index contributed by atoms with van der Waals surface area (Å²) in [7, 11) is 0. The van der Waals surface area contributed by atoms with Crippen LogP contribution in [0.2, 0.25) is 0 Å². The van der Waals surface area contributed by atoms with Crippen molar-refractivity contribution in [1.82, 2.24) is 15.5 Å². The van der Waals surface area contributed by atoms with E-state index in [-0.39, 0.29) is 6.10 Å². The van der Waals surface area contributed by atoms with Crippen LogP contribution in [0.4, 0.5) is 0 Å². The van der Waals surface area contributed by atoms with Gasteiger partial charge in [-0.15, -0.1) is 0 Å². The van der Waals surface area contributed by atoms with Crippen LogP contribution in [0.25, 0.3) is 0 Å². The fourth-order valence-corrected chi connectivity index (χ4v) is 2.63. The SMILES string of the molecule is CCNC(=NCC1CN(CC(C)C)CCO1)NCCCOCC. The number of nitrogens with one attached hydrogen (secondary N) is 2. The van der Waals surface area contributed by atoms with Crippen LogP contribution < -0.4 is 10.6 Å². The van der Waals surface area contributed by atoms with Gasteiger partial charge in [-0.25, -0.2) is 0 Å². The molecule has 1 unspecified atom stereocenters. The molecule has 1 atom stereocenters. The van der Waals surface area contributed by atoms with Gasteiger partial charge in [-0.3, -0.25) is 9.89 Å². The van der Waals surface area contributed by atoms with E-state index in [1.54, 1.807) is 0 Å². The summed E-state index contributed by atoms with van der Waals surface area (Å²) in [4.78, 5) is 7.15. The van der Waals surface area contributed by atoms with Gasteiger partial charge in [0.1, 0.15) is 0 Å². The Bertz CT molecular complexity index is 324. The number of hydrogen-bond acceptors (Lipinski definition) is 4. The van der Waals surface area contributed by atoms with Crippen molar-refractivity contribution in [3.63, 3.8) is 0 Å². The monoisotopic (exact) mass is 328 g/mol. The molecule has 0 saturated carbocycles. The van der Waals surface area contributed by atoms with Crippen LogP contribution in [-0.2, 0) is 9.47 Å². The molecule has 1 rings (SSSR count). The average molecular weight is 329 g/mol. The van der Waals surface area contributed by atoms with Gasteiger partial charge in [0, 0.05) is 45.9 Å². The van der Waals surface area contributed by atoms with Crippen LogP contribution >= 0.6 is 0 Å². The maximum atomic E-state index is 5.85. The fourth-order valence-electron chi connectivity index (χ4n) is 2.63. The van der Waals surface area contributed by atoms with E-state index in [0.29, 0.717) is 12.5 Å². The molecule has 1 heterocycles. The molecule has 0 amide bonds. The molecule has 0 aromatic heterocycles. The Balaban J connectivity index is 2.33. The van der Waals surface area contributed by atoms with Crippen molar-refractivity contribution in [2.45, 2.75) is 40.2 Å². The lowest BCUT2D eigenvalue weighted by molar-refractivity contribution is -0.0261. The predicted molar refractivity (Wildman–Crippen MR) is 96.1 cm³/mol. The van der Waals surface area contributed by atoms with Crippen molar-refractivity contribution in [2.75, 3.05) is 59.1 Å². The topological polar surface area (TPSA) is 58.1 Å². The second-order valence-corrected chi connectivity index (χ2v) is 6.34. The maximum absolute atomic E-state index is 5.85. The molecule has 136 valence electrons. The van der Waals surface area contributed by atoms with E-state index in [4.69, 9.17) is 9.47 Å². The van der Waals surface area contributed by atoms with Gasteiger partial charge in [0.25, 0.3) is 0 Å². The lowest BCUT2D eigenvalue weighted by Gasteiger charge is -2.33. The predicted octanol–water partition coefficient (Wildman–Crippen LogP) is 1.32. The van der Waals surface area contributed by atoms with E-state index in [0.717, 1.165) is 64.9 Å². The van der Waals surface area contributed by atoms with Crippen LogP contribution in [0, 0.1) is 5.92 Å². The zero-order valence-corrected chi connectivity index (χ0v) is 15.4. The molecule has 0 aliphatic carbocycles. The molecule has 1 saturated heterocycles. The van der Waals surface area contributed by atoms with Crippen molar-refractivity contribution < 1.29 is 9.47 Å². The van der Waals surface area contributed by atoms with Gasteiger partial charge in [-0.2, -0.15) is 0 Å². The van der Waals surface area contributed by atoms with Gasteiger partial charge in [0.05, 0.1) is 19.3 Å². The Morgan fingerprint density at radius 2 is 2.17 bits per heavy atom. The van der Waals surface area contributed by atoms with Crippen LogP contribution in [-0.4, -0.2) is 76.1 Å².